The predicted molar refractivity (Wildman–Crippen MR) is 78.6 cm³/mol. The van der Waals surface area contributed by atoms with E-state index in [9.17, 15) is 4.79 Å². The maximum Gasteiger partial charge on any atom is 0.356 e. The predicted octanol–water partition coefficient (Wildman–Crippen LogP) is 2.52. The topological polar surface area (TPSA) is 55.6 Å². The van der Waals surface area contributed by atoms with Crippen LogP contribution in [0.3, 0.4) is 0 Å². The van der Waals surface area contributed by atoms with Gasteiger partial charge in [-0.05, 0) is 31.2 Å². The van der Waals surface area contributed by atoms with E-state index in [1.54, 1.807) is 6.92 Å². The normalized spacial score (nSPS) is 11.2. The van der Waals surface area contributed by atoms with Crippen LogP contribution >= 0.6 is 0 Å². The first kappa shape index (κ1) is 13.9. The summed E-state index contributed by atoms with van der Waals surface area (Å²) in [5.41, 5.74) is 4.02. The number of hydrogen-bond donors (Lipinski definition) is 1. The number of hydrazone groups is 1. The summed E-state index contributed by atoms with van der Waals surface area (Å²) in [4.78, 5) is 11.9. The molecule has 1 aromatic carbocycles. The summed E-state index contributed by atoms with van der Waals surface area (Å²) < 4.78 is 6.88. The van der Waals surface area contributed by atoms with Crippen LogP contribution in [0.1, 0.15) is 6.92 Å². The Balaban J connectivity index is 2.10. The molecule has 0 saturated carbocycles. The summed E-state index contributed by atoms with van der Waals surface area (Å²) in [5, 5.41) is 4.16. The molecule has 0 spiro atoms. The second-order valence-corrected chi connectivity index (χ2v) is 4.11. The largest absolute Gasteiger partial charge is 0.461 e. The molecular formula is C15H17N3O2. The fraction of sp³-hybridized carbons (Fsp3) is 0.200. The zero-order chi connectivity index (χ0) is 14.2. The second kappa shape index (κ2) is 7.13. The molecule has 0 unspecified atom stereocenters. The lowest BCUT2D eigenvalue weighted by Crippen LogP contribution is -2.23. The molecule has 2 rings (SSSR count). The van der Waals surface area contributed by atoms with E-state index >= 15 is 0 Å². The zero-order valence-electron chi connectivity index (χ0n) is 11.3. The Morgan fingerprint density at radius 3 is 2.55 bits per heavy atom. The molecule has 0 bridgehead atoms. The molecule has 2 aromatic rings. The molecule has 1 N–H and O–H groups in total. The van der Waals surface area contributed by atoms with Crippen LogP contribution in [0, 0.1) is 0 Å². The van der Waals surface area contributed by atoms with Gasteiger partial charge < -0.3 is 9.30 Å². The summed E-state index contributed by atoms with van der Waals surface area (Å²) in [6.45, 7) is 2.47. The standard InChI is InChI=1S/C15H17N3O2/c1-2-20-15(19)14(12-18-10-6-7-11-18)17-16-13-8-4-3-5-9-13/h3-11,16H,2,12H2,1H3. The van der Waals surface area contributed by atoms with Gasteiger partial charge in [-0.1, -0.05) is 18.2 Å². The number of anilines is 1. The van der Waals surface area contributed by atoms with Gasteiger partial charge in [0, 0.05) is 12.4 Å². The average Bonchev–Trinajstić information content (AvgIpc) is 2.97. The van der Waals surface area contributed by atoms with Crippen LogP contribution in [0.15, 0.2) is 60.0 Å². The Labute approximate surface area is 117 Å². The number of nitrogens with zero attached hydrogens (tertiary/aromatic N) is 2. The van der Waals surface area contributed by atoms with Crippen molar-refractivity contribution in [1.29, 1.82) is 0 Å². The fourth-order valence-corrected chi connectivity index (χ4v) is 1.65. The quantitative estimate of drug-likeness (QED) is 0.499. The molecule has 1 aromatic heterocycles. The van der Waals surface area contributed by atoms with Crippen LogP contribution < -0.4 is 5.43 Å². The highest BCUT2D eigenvalue weighted by atomic mass is 16.5. The highest BCUT2D eigenvalue weighted by Crippen LogP contribution is 2.05. The highest BCUT2D eigenvalue weighted by Gasteiger charge is 2.13. The van der Waals surface area contributed by atoms with E-state index in [0.717, 1.165) is 5.69 Å². The van der Waals surface area contributed by atoms with Crippen LogP contribution in [-0.2, 0) is 16.1 Å². The van der Waals surface area contributed by atoms with E-state index in [1.807, 2.05) is 59.4 Å². The van der Waals surface area contributed by atoms with Gasteiger partial charge >= 0.3 is 5.97 Å². The van der Waals surface area contributed by atoms with Crippen molar-refractivity contribution in [3.8, 4) is 0 Å². The first-order valence-corrected chi connectivity index (χ1v) is 6.45. The summed E-state index contributed by atoms with van der Waals surface area (Å²) >= 11 is 0. The first-order chi connectivity index (χ1) is 9.79. The first-order valence-electron chi connectivity index (χ1n) is 6.45. The average molecular weight is 271 g/mol. The minimum atomic E-state index is -0.412. The van der Waals surface area contributed by atoms with Gasteiger partial charge in [0.15, 0.2) is 5.71 Å². The number of benzene rings is 1. The monoisotopic (exact) mass is 271 g/mol. The number of carbonyl (C=O) groups excluding carboxylic acids is 1. The third-order valence-electron chi connectivity index (χ3n) is 2.60. The Hall–Kier alpha value is -2.56. The Kier molecular flexibility index (Phi) is 4.94. The third kappa shape index (κ3) is 3.98. The summed E-state index contributed by atoms with van der Waals surface area (Å²) in [5.74, 6) is -0.412. The SMILES string of the molecule is CCOC(=O)C(Cn1cccc1)=NNc1ccccc1. The number of aromatic nitrogens is 1. The van der Waals surface area contributed by atoms with Crippen LogP contribution in [0.4, 0.5) is 5.69 Å². The molecule has 0 radical (unpaired) electrons. The van der Waals surface area contributed by atoms with Gasteiger partial charge in [-0.2, -0.15) is 5.10 Å². The van der Waals surface area contributed by atoms with Gasteiger partial charge in [-0.15, -0.1) is 0 Å². The number of ether oxygens (including phenoxy) is 1. The van der Waals surface area contributed by atoms with Crippen molar-refractivity contribution in [2.24, 2.45) is 5.10 Å². The molecule has 1 heterocycles. The van der Waals surface area contributed by atoms with Crippen LogP contribution in [-0.4, -0.2) is 22.9 Å². The van der Waals surface area contributed by atoms with Crippen LogP contribution in [0.25, 0.3) is 0 Å². The molecule has 104 valence electrons. The van der Waals surface area contributed by atoms with Crippen LogP contribution in [0.5, 0.6) is 0 Å². The maximum atomic E-state index is 11.9. The molecule has 0 aliphatic carbocycles. The summed E-state index contributed by atoms with van der Waals surface area (Å²) in [6, 6.07) is 13.3. The molecule has 0 atom stereocenters. The van der Waals surface area contributed by atoms with Gasteiger partial charge in [-0.25, -0.2) is 4.79 Å². The Bertz CT molecular complexity index is 562. The van der Waals surface area contributed by atoms with Crippen molar-refractivity contribution in [3.05, 3.63) is 54.9 Å². The van der Waals surface area contributed by atoms with Crippen molar-refractivity contribution in [2.75, 3.05) is 12.0 Å². The molecule has 0 amide bonds. The van der Waals surface area contributed by atoms with Gasteiger partial charge in [0.1, 0.15) is 0 Å². The number of para-hydroxylation sites is 1. The van der Waals surface area contributed by atoms with E-state index < -0.39 is 5.97 Å². The Morgan fingerprint density at radius 2 is 1.90 bits per heavy atom. The molecule has 5 nitrogen and oxygen atoms in total. The molecule has 20 heavy (non-hydrogen) atoms. The van der Waals surface area contributed by atoms with Gasteiger partial charge in [0.05, 0.1) is 18.8 Å². The van der Waals surface area contributed by atoms with Crippen molar-refractivity contribution in [3.63, 3.8) is 0 Å². The maximum absolute atomic E-state index is 11.9. The van der Waals surface area contributed by atoms with E-state index in [2.05, 4.69) is 10.5 Å². The molecule has 0 aliphatic rings. The number of rotatable bonds is 6. The lowest BCUT2D eigenvalue weighted by Gasteiger charge is -2.08. The van der Waals surface area contributed by atoms with Crippen molar-refractivity contribution < 1.29 is 9.53 Å². The lowest BCUT2D eigenvalue weighted by molar-refractivity contribution is -0.135. The number of hydrogen-bond acceptors (Lipinski definition) is 4. The third-order valence-corrected chi connectivity index (χ3v) is 2.60. The molecular weight excluding hydrogens is 254 g/mol. The van der Waals surface area contributed by atoms with Gasteiger partial charge in [0.2, 0.25) is 0 Å². The number of carbonyl (C=O) groups is 1. The smallest absolute Gasteiger partial charge is 0.356 e. The minimum Gasteiger partial charge on any atom is -0.461 e. The van der Waals surface area contributed by atoms with Crippen molar-refractivity contribution in [1.82, 2.24) is 4.57 Å². The van der Waals surface area contributed by atoms with Gasteiger partial charge in [-0.3, -0.25) is 5.43 Å². The second-order valence-electron chi connectivity index (χ2n) is 4.11. The van der Waals surface area contributed by atoms with E-state index in [0.29, 0.717) is 18.9 Å². The summed E-state index contributed by atoms with van der Waals surface area (Å²) in [7, 11) is 0. The molecule has 0 aliphatic heterocycles. The lowest BCUT2D eigenvalue weighted by atomic mass is 10.3. The van der Waals surface area contributed by atoms with Crippen molar-refractivity contribution >= 4 is 17.4 Å². The van der Waals surface area contributed by atoms with E-state index in [4.69, 9.17) is 4.74 Å². The van der Waals surface area contributed by atoms with E-state index in [-0.39, 0.29) is 0 Å². The molecule has 0 saturated heterocycles. The van der Waals surface area contributed by atoms with Crippen molar-refractivity contribution in [2.45, 2.75) is 13.5 Å². The molecule has 0 fully saturated rings. The minimum absolute atomic E-state index is 0.326. The molecule has 5 heteroatoms. The van der Waals surface area contributed by atoms with Gasteiger partial charge in [0.25, 0.3) is 0 Å². The van der Waals surface area contributed by atoms with E-state index in [1.165, 1.54) is 0 Å². The Morgan fingerprint density at radius 1 is 1.20 bits per heavy atom. The number of nitrogens with one attached hydrogen (secondary N) is 1. The fourth-order valence-electron chi connectivity index (χ4n) is 1.65. The number of esters is 1. The van der Waals surface area contributed by atoms with Crippen LogP contribution in [0.2, 0.25) is 0 Å². The highest BCUT2D eigenvalue weighted by molar-refractivity contribution is 6.36. The summed E-state index contributed by atoms with van der Waals surface area (Å²) in [6.07, 6.45) is 3.74. The zero-order valence-corrected chi connectivity index (χ0v) is 11.3.